The zero-order chi connectivity index (χ0) is 15.0. The van der Waals surface area contributed by atoms with Crippen molar-refractivity contribution >= 4 is 55.5 Å². The molecule has 3 aromatic rings. The van der Waals surface area contributed by atoms with Gasteiger partial charge in [0.15, 0.2) is 0 Å². The maximum Gasteiger partial charge on any atom is 0.0727 e. The molecule has 0 spiro atoms. The topological polar surface area (TPSA) is 50.9 Å². The van der Waals surface area contributed by atoms with Gasteiger partial charge in [0.25, 0.3) is 0 Å². The molecule has 0 atom stereocenters. The molecule has 1 heterocycles. The van der Waals surface area contributed by atoms with Crippen LogP contribution in [0, 0.1) is 6.92 Å². The molecule has 0 bridgehead atoms. The number of fused-ring (bicyclic) bond motifs is 1. The lowest BCUT2D eigenvalue weighted by Gasteiger charge is -2.13. The molecular formula is C16H13BrClN3. The second-order valence-electron chi connectivity index (χ2n) is 4.84. The first kappa shape index (κ1) is 14.2. The number of hydrogen-bond acceptors (Lipinski definition) is 3. The molecule has 0 amide bonds. The lowest BCUT2D eigenvalue weighted by molar-refractivity contribution is 1.25. The van der Waals surface area contributed by atoms with E-state index in [4.69, 9.17) is 17.3 Å². The second-order valence-corrected chi connectivity index (χ2v) is 6.16. The van der Waals surface area contributed by atoms with E-state index in [9.17, 15) is 0 Å². The van der Waals surface area contributed by atoms with Gasteiger partial charge in [-0.1, -0.05) is 27.5 Å². The highest BCUT2D eigenvalue weighted by atomic mass is 79.9. The summed E-state index contributed by atoms with van der Waals surface area (Å²) in [5, 5.41) is 4.99. The molecule has 3 rings (SSSR count). The van der Waals surface area contributed by atoms with Crippen molar-refractivity contribution < 1.29 is 0 Å². The van der Waals surface area contributed by atoms with E-state index in [0.717, 1.165) is 32.4 Å². The molecule has 0 fully saturated rings. The normalized spacial score (nSPS) is 10.8. The summed E-state index contributed by atoms with van der Waals surface area (Å²) in [5.74, 6) is 0. The first-order chi connectivity index (χ1) is 10.0. The minimum atomic E-state index is 0.657. The van der Waals surface area contributed by atoms with Crippen molar-refractivity contribution in [2.24, 2.45) is 0 Å². The van der Waals surface area contributed by atoms with Gasteiger partial charge in [0, 0.05) is 26.9 Å². The van der Waals surface area contributed by atoms with E-state index in [0.29, 0.717) is 10.7 Å². The number of nitrogens with one attached hydrogen (secondary N) is 1. The predicted octanol–water partition coefficient (Wildman–Crippen LogP) is 5.28. The quantitative estimate of drug-likeness (QED) is 0.609. The number of aryl methyl sites for hydroxylation is 1. The summed E-state index contributed by atoms with van der Waals surface area (Å²) < 4.78 is 0.962. The SMILES string of the molecule is Cc1cc(Nc2cc(Br)ccc2Cl)c2cc(N)ccc2n1. The summed E-state index contributed by atoms with van der Waals surface area (Å²) >= 11 is 9.70. The number of benzene rings is 2. The Morgan fingerprint density at radius 2 is 1.90 bits per heavy atom. The van der Waals surface area contributed by atoms with Crippen molar-refractivity contribution in [3.63, 3.8) is 0 Å². The largest absolute Gasteiger partial charge is 0.399 e. The van der Waals surface area contributed by atoms with Gasteiger partial charge < -0.3 is 11.1 Å². The maximum absolute atomic E-state index is 6.24. The Balaban J connectivity index is 2.15. The number of pyridine rings is 1. The van der Waals surface area contributed by atoms with Crippen molar-refractivity contribution in [1.82, 2.24) is 4.98 Å². The summed E-state index contributed by atoms with van der Waals surface area (Å²) in [4.78, 5) is 4.52. The van der Waals surface area contributed by atoms with Gasteiger partial charge in [0.2, 0.25) is 0 Å². The van der Waals surface area contributed by atoms with Crippen molar-refractivity contribution in [2.45, 2.75) is 6.92 Å². The summed E-state index contributed by atoms with van der Waals surface area (Å²) in [6.07, 6.45) is 0. The summed E-state index contributed by atoms with van der Waals surface area (Å²) in [6, 6.07) is 13.4. The van der Waals surface area contributed by atoms with E-state index in [1.54, 1.807) is 0 Å². The number of rotatable bonds is 2. The smallest absolute Gasteiger partial charge is 0.0727 e. The van der Waals surface area contributed by atoms with Gasteiger partial charge >= 0.3 is 0 Å². The van der Waals surface area contributed by atoms with Crippen LogP contribution >= 0.6 is 27.5 Å². The van der Waals surface area contributed by atoms with Gasteiger partial charge in [-0.2, -0.15) is 0 Å². The van der Waals surface area contributed by atoms with Gasteiger partial charge in [0.05, 0.1) is 16.2 Å². The average Bonchev–Trinajstić information content (AvgIpc) is 2.43. The molecule has 0 aliphatic carbocycles. The third-order valence-corrected chi connectivity index (χ3v) is 3.98. The Morgan fingerprint density at radius 3 is 2.71 bits per heavy atom. The lowest BCUT2D eigenvalue weighted by Crippen LogP contribution is -1.96. The standard InChI is InChI=1S/C16H13BrClN3/c1-9-6-15(12-8-11(19)3-5-14(12)20-9)21-16-7-10(17)2-4-13(16)18/h2-8H,19H2,1H3,(H,20,21). The maximum atomic E-state index is 6.24. The molecule has 106 valence electrons. The van der Waals surface area contributed by atoms with Crippen LogP contribution in [0.5, 0.6) is 0 Å². The number of aromatic nitrogens is 1. The van der Waals surface area contributed by atoms with Crippen LogP contribution in [0.4, 0.5) is 17.1 Å². The predicted molar refractivity (Wildman–Crippen MR) is 93.3 cm³/mol. The van der Waals surface area contributed by atoms with Crippen LogP contribution in [-0.2, 0) is 0 Å². The van der Waals surface area contributed by atoms with Crippen LogP contribution in [0.3, 0.4) is 0 Å². The van der Waals surface area contributed by atoms with Crippen molar-refractivity contribution in [3.8, 4) is 0 Å². The van der Waals surface area contributed by atoms with E-state index < -0.39 is 0 Å². The summed E-state index contributed by atoms with van der Waals surface area (Å²) in [7, 11) is 0. The van der Waals surface area contributed by atoms with Gasteiger partial charge in [0.1, 0.15) is 0 Å². The molecule has 3 nitrogen and oxygen atoms in total. The highest BCUT2D eigenvalue weighted by molar-refractivity contribution is 9.10. The van der Waals surface area contributed by atoms with E-state index in [1.807, 2.05) is 49.4 Å². The fraction of sp³-hybridized carbons (Fsp3) is 0.0625. The first-order valence-electron chi connectivity index (χ1n) is 6.42. The molecule has 0 unspecified atom stereocenters. The van der Waals surface area contributed by atoms with Crippen molar-refractivity contribution in [3.05, 3.63) is 57.7 Å². The molecule has 3 N–H and O–H groups in total. The zero-order valence-electron chi connectivity index (χ0n) is 11.3. The molecule has 0 aliphatic heterocycles. The Kier molecular flexibility index (Phi) is 3.74. The Hall–Kier alpha value is -1.78. The number of nitrogen functional groups attached to an aromatic ring is 1. The fourth-order valence-corrected chi connectivity index (χ4v) is 2.74. The second kappa shape index (κ2) is 5.54. The Labute approximate surface area is 136 Å². The molecule has 5 heteroatoms. The van der Waals surface area contributed by atoms with Crippen LogP contribution in [0.25, 0.3) is 10.9 Å². The Bertz CT molecular complexity index is 833. The molecule has 0 saturated carbocycles. The van der Waals surface area contributed by atoms with E-state index in [2.05, 4.69) is 26.2 Å². The molecular weight excluding hydrogens is 350 g/mol. The minimum absolute atomic E-state index is 0.657. The van der Waals surface area contributed by atoms with Crippen LogP contribution in [0.15, 0.2) is 46.9 Å². The number of halogens is 2. The highest BCUT2D eigenvalue weighted by Crippen LogP contribution is 2.32. The average molecular weight is 363 g/mol. The number of anilines is 3. The van der Waals surface area contributed by atoms with Gasteiger partial charge in [-0.3, -0.25) is 4.98 Å². The van der Waals surface area contributed by atoms with E-state index in [-0.39, 0.29) is 0 Å². The van der Waals surface area contributed by atoms with E-state index >= 15 is 0 Å². The number of hydrogen-bond donors (Lipinski definition) is 2. The summed E-state index contributed by atoms with van der Waals surface area (Å²) in [5.41, 5.74) is 10.2. The van der Waals surface area contributed by atoms with Crippen LogP contribution in [-0.4, -0.2) is 4.98 Å². The monoisotopic (exact) mass is 361 g/mol. The third kappa shape index (κ3) is 2.96. The molecule has 1 aromatic heterocycles. The first-order valence-corrected chi connectivity index (χ1v) is 7.59. The van der Waals surface area contributed by atoms with Gasteiger partial charge in [-0.15, -0.1) is 0 Å². The van der Waals surface area contributed by atoms with Crippen LogP contribution in [0.1, 0.15) is 5.69 Å². The van der Waals surface area contributed by atoms with E-state index in [1.165, 1.54) is 0 Å². The number of nitrogens with two attached hydrogens (primary N) is 1. The van der Waals surface area contributed by atoms with Gasteiger partial charge in [-0.25, -0.2) is 0 Å². The molecule has 0 saturated heterocycles. The van der Waals surface area contributed by atoms with Crippen LogP contribution in [0.2, 0.25) is 5.02 Å². The fourth-order valence-electron chi connectivity index (χ4n) is 2.22. The number of nitrogens with zero attached hydrogens (tertiary/aromatic N) is 1. The highest BCUT2D eigenvalue weighted by Gasteiger charge is 2.07. The Morgan fingerprint density at radius 1 is 1.10 bits per heavy atom. The third-order valence-electron chi connectivity index (χ3n) is 3.16. The minimum Gasteiger partial charge on any atom is -0.399 e. The van der Waals surface area contributed by atoms with Crippen LogP contribution < -0.4 is 11.1 Å². The molecule has 0 radical (unpaired) electrons. The molecule has 2 aromatic carbocycles. The van der Waals surface area contributed by atoms with Crippen molar-refractivity contribution in [2.75, 3.05) is 11.1 Å². The zero-order valence-corrected chi connectivity index (χ0v) is 13.7. The lowest BCUT2D eigenvalue weighted by atomic mass is 10.1. The summed E-state index contributed by atoms with van der Waals surface area (Å²) in [6.45, 7) is 1.96. The van der Waals surface area contributed by atoms with Gasteiger partial charge in [-0.05, 0) is 49.4 Å². The molecule has 0 aliphatic rings. The van der Waals surface area contributed by atoms with Crippen molar-refractivity contribution in [1.29, 1.82) is 0 Å². The molecule has 21 heavy (non-hydrogen) atoms.